The number of carbonyl (C=O) groups excluding carboxylic acids is 2. The van der Waals surface area contributed by atoms with E-state index in [4.69, 9.17) is 4.74 Å². The minimum Gasteiger partial charge on any atom is -0.465 e. The summed E-state index contributed by atoms with van der Waals surface area (Å²) in [5.74, 6) is -1.69. The third-order valence-corrected chi connectivity index (χ3v) is 3.95. The highest BCUT2D eigenvalue weighted by Gasteiger charge is 2.30. The first-order chi connectivity index (χ1) is 11.7. The lowest BCUT2D eigenvalue weighted by Gasteiger charge is -2.15. The van der Waals surface area contributed by atoms with Crippen LogP contribution in [0.15, 0.2) is 72.8 Å². The maximum Gasteiger partial charge on any atom is 0.321 e. The highest BCUT2D eigenvalue weighted by atomic mass is 16.5. The van der Waals surface area contributed by atoms with Crippen LogP contribution < -0.4 is 0 Å². The number of fused-ring (bicyclic) bond motifs is 1. The Hall–Kier alpha value is -2.94. The summed E-state index contributed by atoms with van der Waals surface area (Å²) in [7, 11) is 0. The van der Waals surface area contributed by atoms with Gasteiger partial charge in [0, 0.05) is 5.56 Å². The number of hydrogen-bond acceptors (Lipinski definition) is 3. The van der Waals surface area contributed by atoms with Crippen molar-refractivity contribution in [1.29, 1.82) is 0 Å². The molecule has 0 saturated carbocycles. The molecule has 0 aromatic heterocycles. The third-order valence-electron chi connectivity index (χ3n) is 3.95. The maximum atomic E-state index is 13.0. The Labute approximate surface area is 140 Å². The fraction of sp³-hybridized carbons (Fsp3) is 0.143. The summed E-state index contributed by atoms with van der Waals surface area (Å²) in [6.45, 7) is 1.98. The molecule has 0 radical (unpaired) electrons. The molecule has 0 bridgehead atoms. The second-order valence-corrected chi connectivity index (χ2v) is 5.52. The Kier molecular flexibility index (Phi) is 4.71. The molecule has 0 fully saturated rings. The fourth-order valence-electron chi connectivity index (χ4n) is 2.77. The number of rotatable bonds is 5. The molecule has 0 aliphatic carbocycles. The van der Waals surface area contributed by atoms with Crippen LogP contribution in [0.5, 0.6) is 0 Å². The zero-order valence-corrected chi connectivity index (χ0v) is 13.4. The number of Topliss-reactive ketones (excluding diaryl/α,β-unsaturated/α-hetero) is 1. The molecule has 0 unspecified atom stereocenters. The molecule has 3 heteroatoms. The van der Waals surface area contributed by atoms with Crippen molar-refractivity contribution in [3.63, 3.8) is 0 Å². The molecular weight excluding hydrogens is 300 g/mol. The van der Waals surface area contributed by atoms with Gasteiger partial charge < -0.3 is 4.74 Å². The molecule has 3 rings (SSSR count). The van der Waals surface area contributed by atoms with Crippen molar-refractivity contribution in [3.05, 3.63) is 83.9 Å². The molecule has 0 saturated heterocycles. The molecule has 3 nitrogen and oxygen atoms in total. The smallest absolute Gasteiger partial charge is 0.321 e. The van der Waals surface area contributed by atoms with E-state index in [2.05, 4.69) is 0 Å². The minimum atomic E-state index is -0.938. The molecule has 120 valence electrons. The van der Waals surface area contributed by atoms with Crippen LogP contribution in [0.1, 0.15) is 28.8 Å². The first-order valence-corrected chi connectivity index (χ1v) is 7.95. The lowest BCUT2D eigenvalue weighted by atomic mass is 9.90. The number of carbonyl (C=O) groups is 2. The SMILES string of the molecule is CCOC(=O)[C@H](C(=O)c1ccc2ccccc2c1)c1ccccc1. The molecule has 1 atom stereocenters. The van der Waals surface area contributed by atoms with Crippen LogP contribution in [0.2, 0.25) is 0 Å². The Morgan fingerprint density at radius 2 is 1.54 bits per heavy atom. The zero-order valence-electron chi connectivity index (χ0n) is 13.4. The number of ketones is 1. The number of esters is 1. The first kappa shape index (κ1) is 15.9. The van der Waals surface area contributed by atoms with Crippen molar-refractivity contribution in [1.82, 2.24) is 0 Å². The van der Waals surface area contributed by atoms with Gasteiger partial charge >= 0.3 is 5.97 Å². The monoisotopic (exact) mass is 318 g/mol. The van der Waals surface area contributed by atoms with Crippen LogP contribution in [0.3, 0.4) is 0 Å². The van der Waals surface area contributed by atoms with Gasteiger partial charge in [0.15, 0.2) is 5.78 Å². The van der Waals surface area contributed by atoms with Crippen LogP contribution in [-0.2, 0) is 9.53 Å². The molecule has 0 N–H and O–H groups in total. The van der Waals surface area contributed by atoms with Crippen LogP contribution >= 0.6 is 0 Å². The van der Waals surface area contributed by atoms with Crippen LogP contribution in [-0.4, -0.2) is 18.4 Å². The Morgan fingerprint density at radius 1 is 0.875 bits per heavy atom. The molecular formula is C21H18O3. The average molecular weight is 318 g/mol. The lowest BCUT2D eigenvalue weighted by molar-refractivity contribution is -0.143. The lowest BCUT2D eigenvalue weighted by Crippen LogP contribution is -2.24. The van der Waals surface area contributed by atoms with Gasteiger partial charge in [-0.05, 0) is 29.3 Å². The summed E-state index contributed by atoms with van der Waals surface area (Å²) < 4.78 is 5.13. The van der Waals surface area contributed by atoms with E-state index in [0.717, 1.165) is 10.8 Å². The number of benzene rings is 3. The summed E-state index contributed by atoms with van der Waals surface area (Å²) in [4.78, 5) is 25.4. The number of hydrogen-bond donors (Lipinski definition) is 0. The van der Waals surface area contributed by atoms with Gasteiger partial charge in [-0.2, -0.15) is 0 Å². The average Bonchev–Trinajstić information content (AvgIpc) is 2.62. The van der Waals surface area contributed by atoms with E-state index >= 15 is 0 Å². The topological polar surface area (TPSA) is 43.4 Å². The van der Waals surface area contributed by atoms with E-state index in [9.17, 15) is 9.59 Å². The molecule has 0 amide bonds. The first-order valence-electron chi connectivity index (χ1n) is 7.95. The summed E-state index contributed by atoms with van der Waals surface area (Å²) in [6, 6.07) is 22.4. The van der Waals surface area contributed by atoms with Crippen molar-refractivity contribution in [2.75, 3.05) is 6.61 Å². The van der Waals surface area contributed by atoms with E-state index < -0.39 is 11.9 Å². The van der Waals surface area contributed by atoms with Gasteiger partial charge in [0.2, 0.25) is 0 Å². The Morgan fingerprint density at radius 3 is 2.25 bits per heavy atom. The van der Waals surface area contributed by atoms with Gasteiger partial charge in [-0.15, -0.1) is 0 Å². The van der Waals surface area contributed by atoms with Gasteiger partial charge in [-0.3, -0.25) is 9.59 Å². The van der Waals surface area contributed by atoms with Crippen molar-refractivity contribution < 1.29 is 14.3 Å². The fourth-order valence-corrected chi connectivity index (χ4v) is 2.77. The van der Waals surface area contributed by atoms with E-state index in [1.807, 2.05) is 54.6 Å². The van der Waals surface area contributed by atoms with Crippen molar-refractivity contribution in [3.8, 4) is 0 Å². The van der Waals surface area contributed by atoms with Gasteiger partial charge in [-0.1, -0.05) is 66.7 Å². The minimum absolute atomic E-state index is 0.243. The van der Waals surface area contributed by atoms with Crippen molar-refractivity contribution in [2.24, 2.45) is 0 Å². The molecule has 24 heavy (non-hydrogen) atoms. The summed E-state index contributed by atoms with van der Waals surface area (Å²) in [5, 5.41) is 2.03. The van der Waals surface area contributed by atoms with Crippen molar-refractivity contribution >= 4 is 22.5 Å². The normalized spacial score (nSPS) is 11.9. The highest BCUT2D eigenvalue weighted by Crippen LogP contribution is 2.25. The summed E-state index contributed by atoms with van der Waals surface area (Å²) >= 11 is 0. The second kappa shape index (κ2) is 7.09. The van der Waals surface area contributed by atoms with Gasteiger partial charge in [0.05, 0.1) is 6.61 Å². The Bertz CT molecular complexity index is 868. The predicted octanol–water partition coefficient (Wildman–Crippen LogP) is 4.37. The molecule has 3 aromatic carbocycles. The summed E-state index contributed by atoms with van der Waals surface area (Å²) in [5.41, 5.74) is 1.16. The van der Waals surface area contributed by atoms with Gasteiger partial charge in [0.1, 0.15) is 5.92 Å². The standard InChI is InChI=1S/C21H18O3/c1-2-24-21(23)19(16-9-4-3-5-10-16)20(22)18-13-12-15-8-6-7-11-17(15)14-18/h3-14,19H,2H2,1H3/t19-/m0/s1. The zero-order chi connectivity index (χ0) is 16.9. The quantitative estimate of drug-likeness (QED) is 0.398. The number of ether oxygens (including phenoxy) is 1. The maximum absolute atomic E-state index is 13.0. The van der Waals surface area contributed by atoms with Crippen LogP contribution in [0.25, 0.3) is 10.8 Å². The van der Waals surface area contributed by atoms with Crippen LogP contribution in [0.4, 0.5) is 0 Å². The third kappa shape index (κ3) is 3.20. The van der Waals surface area contributed by atoms with Crippen LogP contribution in [0, 0.1) is 0 Å². The second-order valence-electron chi connectivity index (χ2n) is 5.52. The van der Waals surface area contributed by atoms with Gasteiger partial charge in [0.25, 0.3) is 0 Å². The van der Waals surface area contributed by atoms with E-state index in [1.54, 1.807) is 25.1 Å². The highest BCUT2D eigenvalue weighted by molar-refractivity contribution is 6.14. The molecule has 0 spiro atoms. The Balaban J connectivity index is 2.02. The molecule has 0 aliphatic heterocycles. The predicted molar refractivity (Wildman–Crippen MR) is 94.1 cm³/mol. The van der Waals surface area contributed by atoms with Crippen molar-refractivity contribution in [2.45, 2.75) is 12.8 Å². The summed E-state index contributed by atoms with van der Waals surface area (Å²) in [6.07, 6.45) is 0. The van der Waals surface area contributed by atoms with E-state index in [1.165, 1.54) is 0 Å². The van der Waals surface area contributed by atoms with E-state index in [0.29, 0.717) is 11.1 Å². The molecule has 0 aliphatic rings. The largest absolute Gasteiger partial charge is 0.465 e. The van der Waals surface area contributed by atoms with Gasteiger partial charge in [-0.25, -0.2) is 0 Å². The van der Waals surface area contributed by atoms with E-state index in [-0.39, 0.29) is 12.4 Å². The molecule has 0 heterocycles. The molecule has 3 aromatic rings.